The van der Waals surface area contributed by atoms with E-state index >= 15 is 0 Å². The Balaban J connectivity index is 2.31. The van der Waals surface area contributed by atoms with Crippen LogP contribution in [-0.4, -0.2) is 14.8 Å². The van der Waals surface area contributed by atoms with Crippen LogP contribution in [0.5, 0.6) is 0 Å². The maximum absolute atomic E-state index is 5.83. The van der Waals surface area contributed by atoms with Crippen LogP contribution in [0.1, 0.15) is 12.5 Å². The van der Waals surface area contributed by atoms with Crippen LogP contribution in [0, 0.1) is 0 Å². The van der Waals surface area contributed by atoms with Crippen molar-refractivity contribution in [3.8, 4) is 0 Å². The largest absolute Gasteiger partial charge is 0.287 e. The number of hydrazine groups is 1. The molecule has 0 amide bonds. The third-order valence-corrected chi connectivity index (χ3v) is 2.34. The lowest BCUT2D eigenvalue weighted by Crippen LogP contribution is -2.25. The molecule has 1 aliphatic rings. The summed E-state index contributed by atoms with van der Waals surface area (Å²) in [5.74, 6) is 5.83. The SMILES string of the molecule is C/C=C1/C=CC(c2cnn(C)c2)=CN1N. The zero-order chi connectivity index (χ0) is 10.8. The van der Waals surface area contributed by atoms with Crippen LogP contribution in [0.3, 0.4) is 0 Å². The highest BCUT2D eigenvalue weighted by Gasteiger charge is 2.08. The topological polar surface area (TPSA) is 47.1 Å². The summed E-state index contributed by atoms with van der Waals surface area (Å²) in [6, 6.07) is 0. The van der Waals surface area contributed by atoms with Crippen LogP contribution < -0.4 is 5.84 Å². The predicted molar refractivity (Wildman–Crippen MR) is 60.1 cm³/mol. The van der Waals surface area contributed by atoms with Gasteiger partial charge >= 0.3 is 0 Å². The number of hydrogen-bond donors (Lipinski definition) is 1. The number of nitrogens with two attached hydrogens (primary N) is 1. The molecule has 2 rings (SSSR count). The first-order chi connectivity index (χ1) is 7.20. The summed E-state index contributed by atoms with van der Waals surface area (Å²) in [5.41, 5.74) is 3.12. The van der Waals surface area contributed by atoms with Crippen molar-refractivity contribution in [1.82, 2.24) is 14.8 Å². The fourth-order valence-electron chi connectivity index (χ4n) is 1.51. The van der Waals surface area contributed by atoms with E-state index in [0.717, 1.165) is 16.8 Å². The second-order valence-electron chi connectivity index (χ2n) is 3.44. The van der Waals surface area contributed by atoms with Gasteiger partial charge in [-0.3, -0.25) is 9.69 Å². The summed E-state index contributed by atoms with van der Waals surface area (Å²) in [4.78, 5) is 0. The molecule has 1 aromatic rings. The molecule has 1 aliphatic heterocycles. The maximum atomic E-state index is 5.83. The van der Waals surface area contributed by atoms with E-state index in [1.165, 1.54) is 0 Å². The van der Waals surface area contributed by atoms with Crippen molar-refractivity contribution < 1.29 is 0 Å². The predicted octanol–water partition coefficient (Wildman–Crippen LogP) is 1.41. The van der Waals surface area contributed by atoms with Crippen molar-refractivity contribution in [3.05, 3.63) is 48.1 Å². The zero-order valence-corrected chi connectivity index (χ0v) is 8.88. The highest BCUT2D eigenvalue weighted by Crippen LogP contribution is 2.21. The van der Waals surface area contributed by atoms with Crippen molar-refractivity contribution in [3.63, 3.8) is 0 Å². The Morgan fingerprint density at radius 1 is 1.40 bits per heavy atom. The molecule has 0 bridgehead atoms. The molecular weight excluding hydrogens is 188 g/mol. The quantitative estimate of drug-likeness (QED) is 0.700. The summed E-state index contributed by atoms with van der Waals surface area (Å²) >= 11 is 0. The molecule has 0 fully saturated rings. The van der Waals surface area contributed by atoms with Gasteiger partial charge in [0.2, 0.25) is 0 Å². The van der Waals surface area contributed by atoms with Crippen LogP contribution in [0.4, 0.5) is 0 Å². The lowest BCUT2D eigenvalue weighted by atomic mass is 10.1. The lowest BCUT2D eigenvalue weighted by Gasteiger charge is -2.19. The van der Waals surface area contributed by atoms with E-state index in [9.17, 15) is 0 Å². The first-order valence-electron chi connectivity index (χ1n) is 4.80. The van der Waals surface area contributed by atoms with Gasteiger partial charge in [-0.1, -0.05) is 12.2 Å². The van der Waals surface area contributed by atoms with Crippen molar-refractivity contribution in [2.75, 3.05) is 0 Å². The van der Waals surface area contributed by atoms with E-state index in [4.69, 9.17) is 5.84 Å². The van der Waals surface area contributed by atoms with Gasteiger partial charge in [0.1, 0.15) is 0 Å². The van der Waals surface area contributed by atoms with E-state index in [1.54, 1.807) is 9.69 Å². The average molecular weight is 202 g/mol. The molecule has 78 valence electrons. The van der Waals surface area contributed by atoms with Crippen LogP contribution in [0.15, 0.2) is 42.5 Å². The summed E-state index contributed by atoms with van der Waals surface area (Å²) in [6.45, 7) is 1.96. The normalized spacial score (nSPS) is 18.5. The Labute approximate surface area is 89.0 Å². The minimum atomic E-state index is 0.989. The second kappa shape index (κ2) is 3.74. The Morgan fingerprint density at radius 2 is 2.20 bits per heavy atom. The standard InChI is InChI=1S/C11H14N4/c1-3-11-5-4-9(8-15(11)12)10-6-13-14(2)7-10/h3-8H,12H2,1-2H3/b11-3-. The first-order valence-corrected chi connectivity index (χ1v) is 4.80. The number of hydrogen-bond acceptors (Lipinski definition) is 3. The van der Waals surface area contributed by atoms with Crippen molar-refractivity contribution in [1.29, 1.82) is 0 Å². The van der Waals surface area contributed by atoms with Gasteiger partial charge in [0.15, 0.2) is 0 Å². The van der Waals surface area contributed by atoms with E-state index in [-0.39, 0.29) is 0 Å². The van der Waals surface area contributed by atoms with Gasteiger partial charge in [-0.05, 0) is 13.0 Å². The summed E-state index contributed by atoms with van der Waals surface area (Å²) < 4.78 is 1.77. The van der Waals surface area contributed by atoms with Gasteiger partial charge in [-0.15, -0.1) is 0 Å². The molecule has 0 unspecified atom stereocenters. The zero-order valence-electron chi connectivity index (χ0n) is 8.88. The molecule has 2 heterocycles. The van der Waals surface area contributed by atoms with E-state index in [1.807, 2.05) is 50.8 Å². The van der Waals surface area contributed by atoms with Gasteiger partial charge in [0.05, 0.1) is 11.9 Å². The van der Waals surface area contributed by atoms with Gasteiger partial charge < -0.3 is 0 Å². The smallest absolute Gasteiger partial charge is 0.0568 e. The summed E-state index contributed by atoms with van der Waals surface area (Å²) in [7, 11) is 1.90. The summed E-state index contributed by atoms with van der Waals surface area (Å²) in [5, 5.41) is 5.74. The Morgan fingerprint density at radius 3 is 2.73 bits per heavy atom. The molecule has 0 saturated heterocycles. The van der Waals surface area contributed by atoms with Crippen LogP contribution in [0.2, 0.25) is 0 Å². The Bertz CT molecular complexity index is 451. The molecule has 0 radical (unpaired) electrons. The fraction of sp³-hybridized carbons (Fsp3) is 0.182. The molecule has 0 atom stereocenters. The molecule has 4 nitrogen and oxygen atoms in total. The highest BCUT2D eigenvalue weighted by atomic mass is 15.4. The van der Waals surface area contributed by atoms with Gasteiger partial charge in [-0.2, -0.15) is 5.10 Å². The molecule has 0 saturated carbocycles. The number of nitrogens with zero attached hydrogens (tertiary/aromatic N) is 3. The van der Waals surface area contributed by atoms with Crippen LogP contribution in [-0.2, 0) is 7.05 Å². The van der Waals surface area contributed by atoms with Crippen molar-refractivity contribution >= 4 is 5.57 Å². The maximum Gasteiger partial charge on any atom is 0.0568 e. The van der Waals surface area contributed by atoms with Crippen molar-refractivity contribution in [2.45, 2.75) is 6.92 Å². The number of allylic oxidation sites excluding steroid dienone is 4. The molecule has 0 aromatic carbocycles. The molecule has 15 heavy (non-hydrogen) atoms. The highest BCUT2D eigenvalue weighted by molar-refractivity contribution is 5.75. The molecule has 0 aliphatic carbocycles. The summed E-state index contributed by atoms with van der Waals surface area (Å²) in [6.07, 6.45) is 11.7. The molecule has 4 heteroatoms. The number of rotatable bonds is 1. The minimum absolute atomic E-state index is 0.989. The van der Waals surface area contributed by atoms with Gasteiger partial charge in [0.25, 0.3) is 0 Å². The number of aromatic nitrogens is 2. The second-order valence-corrected chi connectivity index (χ2v) is 3.44. The van der Waals surface area contributed by atoms with Crippen LogP contribution in [0.25, 0.3) is 5.57 Å². The molecule has 2 N–H and O–H groups in total. The lowest BCUT2D eigenvalue weighted by molar-refractivity contribution is 0.506. The van der Waals surface area contributed by atoms with E-state index in [2.05, 4.69) is 5.10 Å². The van der Waals surface area contributed by atoms with Crippen molar-refractivity contribution in [2.24, 2.45) is 12.9 Å². The Kier molecular flexibility index (Phi) is 2.43. The fourth-order valence-corrected chi connectivity index (χ4v) is 1.51. The van der Waals surface area contributed by atoms with E-state index in [0.29, 0.717) is 0 Å². The first kappa shape index (κ1) is 9.73. The molecule has 0 spiro atoms. The third kappa shape index (κ3) is 1.85. The molecular formula is C11H14N4. The van der Waals surface area contributed by atoms with Gasteiger partial charge in [-0.25, -0.2) is 5.84 Å². The number of aryl methyl sites for hydroxylation is 1. The minimum Gasteiger partial charge on any atom is -0.287 e. The Hall–Kier alpha value is -1.81. The van der Waals surface area contributed by atoms with E-state index < -0.39 is 0 Å². The van der Waals surface area contributed by atoms with Crippen LogP contribution >= 0.6 is 0 Å². The average Bonchev–Trinajstić information content (AvgIpc) is 2.65. The third-order valence-electron chi connectivity index (χ3n) is 2.34. The monoisotopic (exact) mass is 202 g/mol. The van der Waals surface area contributed by atoms with Gasteiger partial charge in [0, 0.05) is 30.6 Å². The molecule has 1 aromatic heterocycles.